The average Bonchev–Trinajstić information content (AvgIpc) is 3.03. The summed E-state index contributed by atoms with van der Waals surface area (Å²) in [6, 6.07) is 3.71. The van der Waals surface area contributed by atoms with Gasteiger partial charge in [0.15, 0.2) is 5.41 Å². The van der Waals surface area contributed by atoms with E-state index >= 15 is 0 Å². The summed E-state index contributed by atoms with van der Waals surface area (Å²) < 4.78 is 4.84. The zero-order valence-electron chi connectivity index (χ0n) is 12.2. The molecule has 1 aromatic heterocycles. The zero-order chi connectivity index (χ0) is 15.3. The molecule has 1 atom stereocenters. The van der Waals surface area contributed by atoms with Crippen molar-refractivity contribution >= 4 is 11.9 Å². The van der Waals surface area contributed by atoms with Crippen LogP contribution < -0.4 is 0 Å². The number of nitrogens with zero attached hydrogens (tertiary/aromatic N) is 1. The van der Waals surface area contributed by atoms with E-state index in [1.165, 1.54) is 7.11 Å². The van der Waals surface area contributed by atoms with E-state index in [9.17, 15) is 14.7 Å². The Kier molecular flexibility index (Phi) is 4.94. The molecule has 1 fully saturated rings. The maximum absolute atomic E-state index is 12.3. The Labute approximate surface area is 124 Å². The molecule has 1 aliphatic carbocycles. The first-order valence-corrected chi connectivity index (χ1v) is 7.32. The lowest BCUT2D eigenvalue weighted by molar-refractivity contribution is -0.172. The summed E-state index contributed by atoms with van der Waals surface area (Å²) >= 11 is 0. The quantitative estimate of drug-likeness (QED) is 0.643. The molecular formula is C16H21NO4. The lowest BCUT2D eigenvalue weighted by Crippen LogP contribution is -2.46. The maximum Gasteiger partial charge on any atom is 0.323 e. The van der Waals surface area contributed by atoms with E-state index in [0.29, 0.717) is 6.42 Å². The number of carbonyl (C=O) groups is 2. The molecule has 1 unspecified atom stereocenters. The number of aromatic nitrogens is 1. The van der Waals surface area contributed by atoms with Crippen molar-refractivity contribution in [3.05, 3.63) is 30.1 Å². The van der Waals surface area contributed by atoms with E-state index in [0.717, 1.165) is 31.2 Å². The molecular weight excluding hydrogens is 270 g/mol. The Bertz CT molecular complexity index is 496. The highest BCUT2D eigenvalue weighted by Crippen LogP contribution is 2.44. The maximum atomic E-state index is 12.3. The molecule has 1 saturated carbocycles. The highest BCUT2D eigenvalue weighted by molar-refractivity contribution is 5.99. The van der Waals surface area contributed by atoms with Gasteiger partial charge < -0.3 is 9.84 Å². The van der Waals surface area contributed by atoms with Crippen molar-refractivity contribution in [2.24, 2.45) is 11.3 Å². The van der Waals surface area contributed by atoms with Gasteiger partial charge in [-0.25, -0.2) is 0 Å². The molecule has 114 valence electrons. The molecule has 21 heavy (non-hydrogen) atoms. The fourth-order valence-electron chi connectivity index (χ4n) is 3.33. The number of carboxylic acid groups (broad SMARTS) is 1. The number of carboxylic acids is 1. The minimum atomic E-state index is -1.43. The second kappa shape index (κ2) is 6.70. The number of hydrogen-bond acceptors (Lipinski definition) is 4. The summed E-state index contributed by atoms with van der Waals surface area (Å²) in [5.74, 6) is -1.82. The molecule has 5 heteroatoms. The molecule has 0 spiro atoms. The van der Waals surface area contributed by atoms with Gasteiger partial charge in [0.05, 0.1) is 7.11 Å². The van der Waals surface area contributed by atoms with Crippen molar-refractivity contribution in [1.82, 2.24) is 4.98 Å². The number of rotatable bonds is 6. The van der Waals surface area contributed by atoms with Crippen molar-refractivity contribution in [3.8, 4) is 0 Å². The van der Waals surface area contributed by atoms with E-state index in [2.05, 4.69) is 4.98 Å². The summed E-state index contributed by atoms with van der Waals surface area (Å²) in [4.78, 5) is 28.2. The first-order valence-electron chi connectivity index (χ1n) is 7.32. The number of ether oxygens (including phenoxy) is 1. The number of aliphatic carboxylic acids is 1. The van der Waals surface area contributed by atoms with Gasteiger partial charge in [-0.1, -0.05) is 18.9 Å². The molecule has 0 radical (unpaired) electrons. The van der Waals surface area contributed by atoms with Gasteiger partial charge in [-0.2, -0.15) is 0 Å². The molecule has 1 heterocycles. The van der Waals surface area contributed by atoms with Crippen molar-refractivity contribution in [1.29, 1.82) is 0 Å². The van der Waals surface area contributed by atoms with Gasteiger partial charge in [0.1, 0.15) is 0 Å². The highest BCUT2D eigenvalue weighted by Gasteiger charge is 2.53. The number of aryl methyl sites for hydroxylation is 1. The largest absolute Gasteiger partial charge is 0.480 e. The van der Waals surface area contributed by atoms with Crippen LogP contribution in [0.1, 0.15) is 37.7 Å². The predicted octanol–water partition coefficient (Wildman–Crippen LogP) is 2.45. The molecule has 0 saturated heterocycles. The minimum absolute atomic E-state index is 0.140. The topological polar surface area (TPSA) is 76.5 Å². The number of carbonyl (C=O) groups excluding carboxylic acids is 1. The molecule has 1 aliphatic rings. The van der Waals surface area contributed by atoms with Gasteiger partial charge in [0.25, 0.3) is 0 Å². The van der Waals surface area contributed by atoms with Crippen LogP contribution in [0.3, 0.4) is 0 Å². The fourth-order valence-corrected chi connectivity index (χ4v) is 3.33. The van der Waals surface area contributed by atoms with Gasteiger partial charge in [-0.15, -0.1) is 0 Å². The summed E-state index contributed by atoms with van der Waals surface area (Å²) in [6.45, 7) is 0. The fraction of sp³-hybridized carbons (Fsp3) is 0.562. The van der Waals surface area contributed by atoms with Gasteiger partial charge in [-0.3, -0.25) is 14.6 Å². The molecule has 0 aliphatic heterocycles. The van der Waals surface area contributed by atoms with E-state index in [1.807, 2.05) is 12.1 Å². The first-order chi connectivity index (χ1) is 10.1. The summed E-state index contributed by atoms with van der Waals surface area (Å²) in [5, 5.41) is 9.75. The van der Waals surface area contributed by atoms with Crippen molar-refractivity contribution in [2.45, 2.75) is 38.5 Å². The third-order valence-corrected chi connectivity index (χ3v) is 4.51. The van der Waals surface area contributed by atoms with Crippen LogP contribution in [0.2, 0.25) is 0 Å². The van der Waals surface area contributed by atoms with E-state index in [4.69, 9.17) is 4.74 Å². The van der Waals surface area contributed by atoms with Crippen LogP contribution in [-0.4, -0.2) is 29.1 Å². The summed E-state index contributed by atoms with van der Waals surface area (Å²) in [6.07, 6.45) is 7.64. The smallest absolute Gasteiger partial charge is 0.323 e. The lowest BCUT2D eigenvalue weighted by Gasteiger charge is -2.32. The monoisotopic (exact) mass is 291 g/mol. The molecule has 1 aromatic rings. The van der Waals surface area contributed by atoms with Crippen LogP contribution in [0, 0.1) is 11.3 Å². The lowest BCUT2D eigenvalue weighted by atomic mass is 9.70. The zero-order valence-corrected chi connectivity index (χ0v) is 12.2. The van der Waals surface area contributed by atoms with E-state index in [1.54, 1.807) is 12.4 Å². The van der Waals surface area contributed by atoms with Gasteiger partial charge in [0.2, 0.25) is 0 Å². The highest BCUT2D eigenvalue weighted by atomic mass is 16.5. The Morgan fingerprint density at radius 3 is 2.67 bits per heavy atom. The van der Waals surface area contributed by atoms with Crippen LogP contribution in [0.5, 0.6) is 0 Å². The molecule has 2 rings (SSSR count). The molecule has 0 aromatic carbocycles. The standard InChI is InChI=1S/C16H21NO4/c1-21-15(20)16(14(18)19,13-6-2-3-7-13)9-8-12-5-4-10-17-11-12/h4-5,10-11,13H,2-3,6-9H2,1H3,(H,18,19). The summed E-state index contributed by atoms with van der Waals surface area (Å²) in [5.41, 5.74) is -0.494. The third-order valence-electron chi connectivity index (χ3n) is 4.51. The number of esters is 1. The van der Waals surface area contributed by atoms with Crippen LogP contribution in [-0.2, 0) is 20.7 Å². The van der Waals surface area contributed by atoms with Crippen LogP contribution in [0.25, 0.3) is 0 Å². The van der Waals surface area contributed by atoms with Gasteiger partial charge >= 0.3 is 11.9 Å². The molecule has 5 nitrogen and oxygen atoms in total. The summed E-state index contributed by atoms with van der Waals surface area (Å²) in [7, 11) is 1.26. The van der Waals surface area contributed by atoms with Crippen LogP contribution in [0.15, 0.2) is 24.5 Å². The van der Waals surface area contributed by atoms with Gasteiger partial charge in [0, 0.05) is 12.4 Å². The minimum Gasteiger partial charge on any atom is -0.480 e. The SMILES string of the molecule is COC(=O)C(CCc1cccnc1)(C(=O)O)C1CCCC1. The number of hydrogen-bond donors (Lipinski definition) is 1. The van der Waals surface area contributed by atoms with Crippen molar-refractivity contribution in [2.75, 3.05) is 7.11 Å². The van der Waals surface area contributed by atoms with Crippen LogP contribution >= 0.6 is 0 Å². The Hall–Kier alpha value is -1.91. The Morgan fingerprint density at radius 2 is 2.14 bits per heavy atom. The van der Waals surface area contributed by atoms with Gasteiger partial charge in [-0.05, 0) is 43.2 Å². The van der Waals surface area contributed by atoms with E-state index in [-0.39, 0.29) is 12.3 Å². The number of pyridine rings is 1. The molecule has 0 bridgehead atoms. The molecule has 1 N–H and O–H groups in total. The molecule has 0 amide bonds. The van der Waals surface area contributed by atoms with E-state index < -0.39 is 17.4 Å². The Morgan fingerprint density at radius 1 is 1.43 bits per heavy atom. The number of methoxy groups -OCH3 is 1. The first kappa shape index (κ1) is 15.5. The van der Waals surface area contributed by atoms with Crippen molar-refractivity contribution < 1.29 is 19.4 Å². The third kappa shape index (κ3) is 3.06. The Balaban J connectivity index is 2.25. The second-order valence-electron chi connectivity index (χ2n) is 5.61. The predicted molar refractivity (Wildman–Crippen MR) is 76.6 cm³/mol. The van der Waals surface area contributed by atoms with Crippen LogP contribution in [0.4, 0.5) is 0 Å². The van der Waals surface area contributed by atoms with Crippen molar-refractivity contribution in [3.63, 3.8) is 0 Å². The average molecular weight is 291 g/mol. The normalized spacial score (nSPS) is 18.1. The second-order valence-corrected chi connectivity index (χ2v) is 5.61.